The van der Waals surface area contributed by atoms with Gasteiger partial charge in [-0.05, 0) is 6.07 Å². The number of carbonyl (C=O) groups excluding carboxylic acids is 1. The highest BCUT2D eigenvalue weighted by atomic mass is 32.1. The summed E-state index contributed by atoms with van der Waals surface area (Å²) >= 11 is 3.10. The van der Waals surface area contributed by atoms with Crippen LogP contribution in [0.4, 0.5) is 5.13 Å². The molecule has 1 N–H and O–H groups in total. The van der Waals surface area contributed by atoms with Crippen LogP contribution < -0.4 is 4.90 Å². The van der Waals surface area contributed by atoms with Crippen molar-refractivity contribution in [3.05, 3.63) is 28.4 Å². The summed E-state index contributed by atoms with van der Waals surface area (Å²) in [5, 5.41) is 8.02. The van der Waals surface area contributed by atoms with E-state index >= 15 is 0 Å². The Hall–Kier alpha value is -1.93. The first-order valence-corrected chi connectivity index (χ1v) is 8.63. The predicted octanol–water partition coefficient (Wildman–Crippen LogP) is 2.35. The zero-order chi connectivity index (χ0) is 15.3. The second-order valence-electron chi connectivity index (χ2n) is 5.52. The van der Waals surface area contributed by atoms with Crippen molar-refractivity contribution in [1.29, 1.82) is 0 Å². The number of H-pyrrole nitrogens is 1. The molecule has 0 atom stereocenters. The lowest BCUT2D eigenvalue weighted by atomic mass is 10.1. The molecule has 0 aromatic carbocycles. The van der Waals surface area contributed by atoms with Crippen molar-refractivity contribution in [2.24, 2.45) is 0 Å². The lowest BCUT2D eigenvalue weighted by molar-refractivity contribution is 0.0739. The summed E-state index contributed by atoms with van der Waals surface area (Å²) in [7, 11) is 3.95. The third-order valence-corrected chi connectivity index (χ3v) is 6.08. The topological polar surface area (TPSA) is 65.1 Å². The molecule has 1 aliphatic heterocycles. The largest absolute Gasteiger partial charge is 0.354 e. The van der Waals surface area contributed by atoms with Gasteiger partial charge < -0.3 is 9.80 Å². The zero-order valence-electron chi connectivity index (χ0n) is 12.3. The lowest BCUT2D eigenvalue weighted by Crippen LogP contribution is -2.35. The molecule has 114 valence electrons. The summed E-state index contributed by atoms with van der Waals surface area (Å²) in [5.74, 6) is 0.0912. The number of aromatic amines is 1. The molecule has 4 rings (SSSR count). The Morgan fingerprint density at radius 3 is 3.05 bits per heavy atom. The Labute approximate surface area is 135 Å². The third kappa shape index (κ3) is 2.19. The van der Waals surface area contributed by atoms with Gasteiger partial charge >= 0.3 is 0 Å². The van der Waals surface area contributed by atoms with Crippen molar-refractivity contribution < 1.29 is 4.79 Å². The maximum atomic E-state index is 12.7. The van der Waals surface area contributed by atoms with Crippen LogP contribution in [-0.2, 0) is 13.0 Å². The van der Waals surface area contributed by atoms with E-state index in [1.54, 1.807) is 11.3 Å². The van der Waals surface area contributed by atoms with Crippen LogP contribution in [0.15, 0.2) is 12.3 Å². The molecule has 0 unspecified atom stereocenters. The first-order valence-electron chi connectivity index (χ1n) is 7.00. The Bertz CT molecular complexity index is 815. The highest BCUT2D eigenvalue weighted by Crippen LogP contribution is 2.34. The van der Waals surface area contributed by atoms with Gasteiger partial charge in [-0.1, -0.05) is 11.3 Å². The molecule has 0 saturated heterocycles. The molecule has 0 aliphatic carbocycles. The van der Waals surface area contributed by atoms with E-state index in [2.05, 4.69) is 15.2 Å². The van der Waals surface area contributed by atoms with Gasteiger partial charge in [-0.3, -0.25) is 9.89 Å². The Morgan fingerprint density at radius 1 is 1.41 bits per heavy atom. The minimum atomic E-state index is 0.0912. The average Bonchev–Trinajstić information content (AvgIpc) is 3.18. The number of rotatable bonds is 2. The summed E-state index contributed by atoms with van der Waals surface area (Å²) in [6.07, 6.45) is 2.65. The van der Waals surface area contributed by atoms with Crippen LogP contribution in [0, 0.1) is 0 Å². The van der Waals surface area contributed by atoms with E-state index < -0.39 is 0 Å². The fourth-order valence-corrected chi connectivity index (χ4v) is 4.67. The van der Waals surface area contributed by atoms with Crippen LogP contribution in [-0.4, -0.2) is 46.6 Å². The van der Waals surface area contributed by atoms with Crippen LogP contribution in [0.2, 0.25) is 0 Å². The molecule has 3 aromatic rings. The molecule has 6 nitrogen and oxygen atoms in total. The summed E-state index contributed by atoms with van der Waals surface area (Å²) in [5.41, 5.74) is 2.26. The number of amides is 1. The number of carbonyl (C=O) groups is 1. The monoisotopic (exact) mass is 333 g/mol. The van der Waals surface area contributed by atoms with E-state index in [1.165, 1.54) is 11.3 Å². The van der Waals surface area contributed by atoms with Gasteiger partial charge in [0.15, 0.2) is 5.13 Å². The summed E-state index contributed by atoms with van der Waals surface area (Å²) < 4.78 is 1.08. The first-order chi connectivity index (χ1) is 10.6. The second kappa shape index (κ2) is 5.06. The van der Waals surface area contributed by atoms with E-state index in [-0.39, 0.29) is 5.91 Å². The smallest absolute Gasteiger partial charge is 0.264 e. The number of aromatic nitrogens is 3. The highest BCUT2D eigenvalue weighted by molar-refractivity contribution is 7.29. The van der Waals surface area contributed by atoms with E-state index in [1.807, 2.05) is 36.2 Å². The maximum Gasteiger partial charge on any atom is 0.264 e. The minimum absolute atomic E-state index is 0.0912. The number of fused-ring (bicyclic) bond motifs is 2. The van der Waals surface area contributed by atoms with Crippen LogP contribution in [0.1, 0.15) is 20.9 Å². The Balaban J connectivity index is 1.59. The molecule has 0 saturated carbocycles. The molecule has 1 amide bonds. The number of hydrogen-bond acceptors (Lipinski definition) is 6. The molecular weight excluding hydrogens is 318 g/mol. The van der Waals surface area contributed by atoms with Crippen LogP contribution in [0.25, 0.3) is 9.53 Å². The number of nitrogens with zero attached hydrogens (tertiary/aromatic N) is 4. The third-order valence-electron chi connectivity index (χ3n) is 3.76. The van der Waals surface area contributed by atoms with Crippen LogP contribution in [0.3, 0.4) is 0 Å². The van der Waals surface area contributed by atoms with Crippen LogP contribution in [0.5, 0.6) is 0 Å². The molecule has 0 bridgehead atoms. The Morgan fingerprint density at radius 2 is 2.27 bits per heavy atom. The van der Waals surface area contributed by atoms with Crippen LogP contribution >= 0.6 is 22.7 Å². The van der Waals surface area contributed by atoms with Crippen molar-refractivity contribution in [3.8, 4) is 0 Å². The molecule has 0 spiro atoms. The number of anilines is 1. The standard InChI is InChI=1S/C14H15N5OS2/c1-18(2)14-16-12-10(22-14)5-11(21-12)13(20)19-4-3-9-8(7-19)6-15-17-9/h5-6H,3-4,7H2,1-2H3,(H,15,17). The van der Waals surface area contributed by atoms with E-state index in [9.17, 15) is 4.79 Å². The van der Waals surface area contributed by atoms with Crippen molar-refractivity contribution in [2.45, 2.75) is 13.0 Å². The minimum Gasteiger partial charge on any atom is -0.354 e. The van der Waals surface area contributed by atoms with Gasteiger partial charge in [-0.25, -0.2) is 4.98 Å². The highest BCUT2D eigenvalue weighted by Gasteiger charge is 2.25. The van der Waals surface area contributed by atoms with Crippen molar-refractivity contribution >= 4 is 43.2 Å². The number of thiophene rings is 1. The van der Waals surface area contributed by atoms with Crippen molar-refractivity contribution in [2.75, 3.05) is 25.5 Å². The van der Waals surface area contributed by atoms with Gasteiger partial charge in [-0.15, -0.1) is 11.3 Å². The fourth-order valence-electron chi connectivity index (χ4n) is 2.57. The van der Waals surface area contributed by atoms with Crippen molar-refractivity contribution in [3.63, 3.8) is 0 Å². The van der Waals surface area contributed by atoms with E-state index in [4.69, 9.17) is 0 Å². The van der Waals surface area contributed by atoms with Gasteiger partial charge in [-0.2, -0.15) is 5.10 Å². The van der Waals surface area contributed by atoms with E-state index in [0.717, 1.165) is 43.8 Å². The summed E-state index contributed by atoms with van der Waals surface area (Å²) in [4.78, 5) is 22.8. The molecular formula is C14H15N5OS2. The number of hydrogen-bond donors (Lipinski definition) is 1. The first kappa shape index (κ1) is 13.7. The fraction of sp³-hybridized carbons (Fsp3) is 0.357. The zero-order valence-corrected chi connectivity index (χ0v) is 13.9. The van der Waals surface area contributed by atoms with E-state index in [0.29, 0.717) is 6.54 Å². The number of thiazole rings is 1. The van der Waals surface area contributed by atoms with Gasteiger partial charge in [0.25, 0.3) is 5.91 Å². The SMILES string of the molecule is CN(C)c1nc2sc(C(=O)N3CCc4[nH]ncc4C3)cc2s1. The van der Waals surface area contributed by atoms with Gasteiger partial charge in [0.2, 0.25) is 0 Å². The lowest BCUT2D eigenvalue weighted by Gasteiger charge is -2.25. The molecule has 0 radical (unpaired) electrons. The molecule has 22 heavy (non-hydrogen) atoms. The van der Waals surface area contributed by atoms with Gasteiger partial charge in [0.05, 0.1) is 15.8 Å². The number of nitrogens with one attached hydrogen (secondary N) is 1. The molecule has 3 aromatic heterocycles. The van der Waals surface area contributed by atoms with Crippen molar-refractivity contribution in [1.82, 2.24) is 20.1 Å². The molecule has 0 fully saturated rings. The predicted molar refractivity (Wildman–Crippen MR) is 88.9 cm³/mol. The second-order valence-corrected chi connectivity index (χ2v) is 7.56. The normalized spacial score (nSPS) is 14.4. The maximum absolute atomic E-state index is 12.7. The molecule has 1 aliphatic rings. The quantitative estimate of drug-likeness (QED) is 0.782. The Kier molecular flexibility index (Phi) is 3.16. The van der Waals surface area contributed by atoms with Gasteiger partial charge in [0, 0.05) is 44.9 Å². The summed E-state index contributed by atoms with van der Waals surface area (Å²) in [6, 6.07) is 1.97. The summed E-state index contributed by atoms with van der Waals surface area (Å²) in [6.45, 7) is 1.36. The molecule has 8 heteroatoms. The molecule has 4 heterocycles. The average molecular weight is 333 g/mol. The van der Waals surface area contributed by atoms with Gasteiger partial charge in [0.1, 0.15) is 4.83 Å².